The number of rotatable bonds is 4. The zero-order valence-corrected chi connectivity index (χ0v) is 17.1. The highest BCUT2D eigenvalue weighted by Gasteiger charge is 2.33. The maximum Gasteiger partial charge on any atom is 0.418 e. The van der Waals surface area contributed by atoms with Crippen LogP contribution in [0.25, 0.3) is 0 Å². The summed E-state index contributed by atoms with van der Waals surface area (Å²) >= 11 is 23.7. The van der Waals surface area contributed by atoms with Crippen molar-refractivity contribution in [3.8, 4) is 11.5 Å². The summed E-state index contributed by atoms with van der Waals surface area (Å²) in [7, 11) is 0. The van der Waals surface area contributed by atoms with Crippen LogP contribution in [0.15, 0.2) is 48.7 Å². The first kappa shape index (κ1) is 21.7. The third-order valence-corrected chi connectivity index (χ3v) is 4.76. The molecule has 29 heavy (non-hydrogen) atoms. The summed E-state index contributed by atoms with van der Waals surface area (Å²) in [6.45, 7) is 0. The van der Waals surface area contributed by atoms with E-state index in [1.807, 2.05) is 0 Å². The molecule has 0 aliphatic rings. The molecule has 0 aliphatic carbocycles. The highest BCUT2D eigenvalue weighted by Crippen LogP contribution is 2.37. The summed E-state index contributed by atoms with van der Waals surface area (Å²) in [5, 5.41) is 0.641. The number of ether oxygens (including phenoxy) is 1. The second-order valence-electron chi connectivity index (χ2n) is 5.70. The first-order valence-corrected chi connectivity index (χ1v) is 9.27. The number of alkyl halides is 3. The highest BCUT2D eigenvalue weighted by molar-refractivity contribution is 6.37. The third kappa shape index (κ3) is 4.95. The lowest BCUT2D eigenvalue weighted by Gasteiger charge is -2.14. The van der Waals surface area contributed by atoms with Crippen LogP contribution in [0, 0.1) is 0 Å². The van der Waals surface area contributed by atoms with Crippen molar-refractivity contribution in [1.82, 2.24) is 4.98 Å². The molecule has 0 atom stereocenters. The fourth-order valence-electron chi connectivity index (χ4n) is 2.33. The molecule has 0 saturated heterocycles. The van der Waals surface area contributed by atoms with Crippen molar-refractivity contribution in [2.45, 2.75) is 6.18 Å². The molecule has 150 valence electrons. The highest BCUT2D eigenvalue weighted by atomic mass is 35.5. The minimum atomic E-state index is -4.70. The Morgan fingerprint density at radius 2 is 1.48 bits per heavy atom. The average Bonchev–Trinajstić information content (AvgIpc) is 2.63. The van der Waals surface area contributed by atoms with Crippen molar-refractivity contribution >= 4 is 52.2 Å². The molecule has 0 unspecified atom stereocenters. The number of aromatic nitrogens is 1. The lowest BCUT2D eigenvalue weighted by Crippen LogP contribution is -2.11. The molecule has 2 aromatic carbocycles. The van der Waals surface area contributed by atoms with E-state index < -0.39 is 23.3 Å². The number of benzene rings is 2. The van der Waals surface area contributed by atoms with Gasteiger partial charge in [0.2, 0.25) is 5.78 Å². The van der Waals surface area contributed by atoms with Gasteiger partial charge in [-0.1, -0.05) is 46.4 Å². The molecule has 0 saturated carbocycles. The van der Waals surface area contributed by atoms with Crippen LogP contribution >= 0.6 is 46.4 Å². The van der Waals surface area contributed by atoms with Gasteiger partial charge in [-0.25, -0.2) is 4.98 Å². The molecule has 0 radical (unpaired) electrons. The summed E-state index contributed by atoms with van der Waals surface area (Å²) in [5.74, 6) is -1.20. The van der Waals surface area contributed by atoms with Gasteiger partial charge >= 0.3 is 6.18 Å². The van der Waals surface area contributed by atoms with Crippen molar-refractivity contribution in [2.24, 2.45) is 0 Å². The molecule has 0 N–H and O–H groups in total. The number of carbonyl (C=O) groups is 1. The number of hydrogen-bond acceptors (Lipinski definition) is 3. The van der Waals surface area contributed by atoms with Gasteiger partial charge < -0.3 is 4.74 Å². The Morgan fingerprint density at radius 1 is 0.862 bits per heavy atom. The second-order valence-corrected chi connectivity index (χ2v) is 7.39. The molecule has 10 heteroatoms. The van der Waals surface area contributed by atoms with E-state index in [1.54, 1.807) is 0 Å². The van der Waals surface area contributed by atoms with Crippen molar-refractivity contribution in [3.63, 3.8) is 0 Å². The molecule has 0 aliphatic heterocycles. The Balaban J connectivity index is 2.12. The number of hydrogen-bond donors (Lipinski definition) is 0. The quantitative estimate of drug-likeness (QED) is 0.358. The van der Waals surface area contributed by atoms with E-state index in [9.17, 15) is 18.0 Å². The van der Waals surface area contributed by atoms with E-state index >= 15 is 0 Å². The van der Waals surface area contributed by atoms with Gasteiger partial charge in [-0.15, -0.1) is 0 Å². The van der Waals surface area contributed by atoms with Gasteiger partial charge in [0.25, 0.3) is 0 Å². The van der Waals surface area contributed by atoms with Gasteiger partial charge in [-0.3, -0.25) is 4.79 Å². The second kappa shape index (κ2) is 8.40. The maximum absolute atomic E-state index is 13.1. The summed E-state index contributed by atoms with van der Waals surface area (Å²) in [6, 6.07) is 8.88. The molecule has 0 fully saturated rings. The molecule has 3 aromatic rings. The molecular weight excluding hydrogens is 473 g/mol. The SMILES string of the molecule is O=C(c1ccc(Cl)cc1Cl)c1ncc(C(F)(F)F)cc1Oc1ccc(Cl)cc1Cl. The summed E-state index contributed by atoms with van der Waals surface area (Å²) < 4.78 is 44.9. The molecular formula is C19H8Cl4F3NO2. The lowest BCUT2D eigenvalue weighted by atomic mass is 10.1. The fourth-order valence-corrected chi connectivity index (χ4v) is 3.27. The summed E-state index contributed by atoms with van der Waals surface area (Å²) in [5.41, 5.74) is -1.49. The van der Waals surface area contributed by atoms with E-state index in [-0.39, 0.29) is 32.1 Å². The standard InChI is InChI=1S/C19H8Cl4F3NO2/c20-10-1-3-12(13(22)6-10)18(28)17-16(5-9(8-27-17)19(24,25)26)29-15-4-2-11(21)7-14(15)23/h1-8H. The number of carbonyl (C=O) groups excluding carboxylic acids is 1. The largest absolute Gasteiger partial charge is 0.453 e. The van der Waals surface area contributed by atoms with Gasteiger partial charge in [0.15, 0.2) is 11.4 Å². The van der Waals surface area contributed by atoms with Gasteiger partial charge in [0.05, 0.1) is 15.6 Å². The predicted molar refractivity (Wildman–Crippen MR) is 106 cm³/mol. The molecule has 0 bridgehead atoms. The van der Waals surface area contributed by atoms with Crippen molar-refractivity contribution in [2.75, 3.05) is 0 Å². The zero-order chi connectivity index (χ0) is 21.3. The predicted octanol–water partition coefficient (Wildman–Crippen LogP) is 7.74. The Hall–Kier alpha value is -1.99. The summed E-state index contributed by atoms with van der Waals surface area (Å²) in [4.78, 5) is 16.6. The van der Waals surface area contributed by atoms with Crippen LogP contribution in [-0.4, -0.2) is 10.8 Å². The fraction of sp³-hybridized carbons (Fsp3) is 0.0526. The Morgan fingerprint density at radius 3 is 2.07 bits per heavy atom. The van der Waals surface area contributed by atoms with Crippen LogP contribution in [0.5, 0.6) is 11.5 Å². The van der Waals surface area contributed by atoms with Crippen LogP contribution < -0.4 is 4.74 Å². The third-order valence-electron chi connectivity index (χ3n) is 3.68. The topological polar surface area (TPSA) is 39.2 Å². The van der Waals surface area contributed by atoms with E-state index in [2.05, 4.69) is 4.98 Å². The first-order chi connectivity index (χ1) is 13.6. The summed E-state index contributed by atoms with van der Waals surface area (Å²) in [6.07, 6.45) is -4.16. The van der Waals surface area contributed by atoms with Crippen LogP contribution in [-0.2, 0) is 6.18 Å². The first-order valence-electron chi connectivity index (χ1n) is 7.76. The van der Waals surface area contributed by atoms with Crippen molar-refractivity contribution < 1.29 is 22.7 Å². The number of nitrogens with zero attached hydrogens (tertiary/aromatic N) is 1. The van der Waals surface area contributed by atoms with Gasteiger partial charge in [-0.2, -0.15) is 13.2 Å². The maximum atomic E-state index is 13.1. The molecule has 0 spiro atoms. The zero-order valence-electron chi connectivity index (χ0n) is 14.0. The molecule has 1 aromatic heterocycles. The molecule has 1 heterocycles. The van der Waals surface area contributed by atoms with Gasteiger partial charge in [0, 0.05) is 21.8 Å². The smallest absolute Gasteiger partial charge is 0.418 e. The number of halogens is 7. The van der Waals surface area contributed by atoms with Crippen molar-refractivity contribution in [3.05, 3.63) is 85.6 Å². The van der Waals surface area contributed by atoms with Gasteiger partial charge in [-0.05, 0) is 42.5 Å². The minimum absolute atomic E-state index is 0.00428. The van der Waals surface area contributed by atoms with Crippen LogP contribution in [0.4, 0.5) is 13.2 Å². The normalized spacial score (nSPS) is 11.4. The minimum Gasteiger partial charge on any atom is -0.453 e. The van der Waals surface area contributed by atoms with Gasteiger partial charge in [0.1, 0.15) is 5.75 Å². The Kier molecular flexibility index (Phi) is 6.29. The van der Waals surface area contributed by atoms with Crippen LogP contribution in [0.2, 0.25) is 20.1 Å². The van der Waals surface area contributed by atoms with E-state index in [0.29, 0.717) is 17.3 Å². The van der Waals surface area contributed by atoms with E-state index in [1.165, 1.54) is 36.4 Å². The number of pyridine rings is 1. The lowest BCUT2D eigenvalue weighted by molar-refractivity contribution is -0.137. The van der Waals surface area contributed by atoms with E-state index in [0.717, 1.165) is 0 Å². The monoisotopic (exact) mass is 479 g/mol. The Labute approximate surface area is 182 Å². The average molecular weight is 481 g/mol. The molecule has 3 rings (SSSR count). The molecule has 0 amide bonds. The van der Waals surface area contributed by atoms with Crippen molar-refractivity contribution in [1.29, 1.82) is 0 Å². The van der Waals surface area contributed by atoms with Crippen LogP contribution in [0.3, 0.4) is 0 Å². The Bertz CT molecular complexity index is 1100. The number of ketones is 1. The van der Waals surface area contributed by atoms with Crippen LogP contribution in [0.1, 0.15) is 21.6 Å². The molecule has 3 nitrogen and oxygen atoms in total. The van der Waals surface area contributed by atoms with E-state index in [4.69, 9.17) is 51.1 Å².